The summed E-state index contributed by atoms with van der Waals surface area (Å²) in [4.78, 5) is 0. The molecular weight excluding hydrogens is 249 g/mol. The molecule has 0 amide bonds. The van der Waals surface area contributed by atoms with E-state index in [1.807, 2.05) is 12.1 Å². The molecule has 1 aliphatic carbocycles. The van der Waals surface area contributed by atoms with Gasteiger partial charge in [-0.1, -0.05) is 51.7 Å². The van der Waals surface area contributed by atoms with Crippen molar-refractivity contribution < 1.29 is 4.39 Å². The predicted octanol–water partition coefficient (Wildman–Crippen LogP) is 5.08. The first-order valence-electron chi connectivity index (χ1n) is 8.23. The lowest BCUT2D eigenvalue weighted by Gasteiger charge is -2.34. The fourth-order valence-electron chi connectivity index (χ4n) is 3.67. The van der Waals surface area contributed by atoms with Gasteiger partial charge in [-0.05, 0) is 48.9 Å². The molecule has 1 saturated carbocycles. The first kappa shape index (κ1) is 15.5. The summed E-state index contributed by atoms with van der Waals surface area (Å²) in [7, 11) is 0. The summed E-state index contributed by atoms with van der Waals surface area (Å²) in [6, 6.07) is 7.45. The lowest BCUT2D eigenvalue weighted by molar-refractivity contribution is 0.215. The van der Waals surface area contributed by atoms with Crippen LogP contribution in [0.5, 0.6) is 0 Å². The zero-order valence-electron chi connectivity index (χ0n) is 12.9. The van der Waals surface area contributed by atoms with Crippen LogP contribution in [-0.4, -0.2) is 6.54 Å². The minimum absolute atomic E-state index is 0.143. The third-order valence-electron chi connectivity index (χ3n) is 4.71. The lowest BCUT2D eigenvalue weighted by atomic mass is 9.75. The van der Waals surface area contributed by atoms with Crippen molar-refractivity contribution in [2.45, 2.75) is 58.4 Å². The van der Waals surface area contributed by atoms with Crippen LogP contribution in [0.15, 0.2) is 24.3 Å². The molecule has 0 aliphatic heterocycles. The minimum Gasteiger partial charge on any atom is -0.310 e. The van der Waals surface area contributed by atoms with Crippen LogP contribution < -0.4 is 5.32 Å². The highest BCUT2D eigenvalue weighted by Crippen LogP contribution is 2.38. The van der Waals surface area contributed by atoms with Gasteiger partial charge in [-0.2, -0.15) is 0 Å². The van der Waals surface area contributed by atoms with E-state index in [2.05, 4.69) is 19.2 Å². The van der Waals surface area contributed by atoms with Crippen LogP contribution >= 0.6 is 0 Å². The van der Waals surface area contributed by atoms with Crippen molar-refractivity contribution in [3.8, 4) is 0 Å². The van der Waals surface area contributed by atoms with Crippen molar-refractivity contribution in [3.05, 3.63) is 35.6 Å². The Balaban J connectivity index is 2.00. The molecule has 0 bridgehead atoms. The number of benzene rings is 1. The standard InChI is InChI=1S/C18H28FN/c1-3-5-14-6-8-15(9-7-14)18(20-4-2)16-10-12-17(19)13-11-16/h10-15,18,20H,3-9H2,1-2H3. The molecule has 20 heavy (non-hydrogen) atoms. The maximum Gasteiger partial charge on any atom is 0.123 e. The van der Waals surface area contributed by atoms with Crippen LogP contribution in [0.2, 0.25) is 0 Å². The Morgan fingerprint density at radius 3 is 2.30 bits per heavy atom. The van der Waals surface area contributed by atoms with E-state index in [0.717, 1.165) is 12.5 Å². The van der Waals surface area contributed by atoms with Crippen LogP contribution in [0.3, 0.4) is 0 Å². The molecule has 1 unspecified atom stereocenters. The van der Waals surface area contributed by atoms with Gasteiger partial charge < -0.3 is 5.32 Å². The Morgan fingerprint density at radius 2 is 1.75 bits per heavy atom. The highest BCUT2D eigenvalue weighted by atomic mass is 19.1. The summed E-state index contributed by atoms with van der Waals surface area (Å²) in [5, 5.41) is 3.61. The summed E-state index contributed by atoms with van der Waals surface area (Å²) >= 11 is 0. The molecule has 1 fully saturated rings. The third-order valence-corrected chi connectivity index (χ3v) is 4.71. The molecule has 2 heteroatoms. The van der Waals surface area contributed by atoms with Crippen LogP contribution in [0.4, 0.5) is 4.39 Å². The predicted molar refractivity (Wildman–Crippen MR) is 83.2 cm³/mol. The molecule has 1 aromatic carbocycles. The van der Waals surface area contributed by atoms with Crippen molar-refractivity contribution in [3.63, 3.8) is 0 Å². The summed E-state index contributed by atoms with van der Waals surface area (Å²) in [5.41, 5.74) is 1.24. The van der Waals surface area contributed by atoms with Crippen molar-refractivity contribution in [1.29, 1.82) is 0 Å². The van der Waals surface area contributed by atoms with Crippen molar-refractivity contribution >= 4 is 0 Å². The molecule has 0 aromatic heterocycles. The van der Waals surface area contributed by atoms with E-state index < -0.39 is 0 Å². The number of hydrogen-bond acceptors (Lipinski definition) is 1. The second-order valence-corrected chi connectivity index (χ2v) is 6.16. The van der Waals surface area contributed by atoms with Crippen LogP contribution in [0.1, 0.15) is 64.0 Å². The van der Waals surface area contributed by atoms with Gasteiger partial charge >= 0.3 is 0 Å². The summed E-state index contributed by atoms with van der Waals surface area (Å²) < 4.78 is 13.1. The second-order valence-electron chi connectivity index (χ2n) is 6.16. The van der Waals surface area contributed by atoms with Crippen molar-refractivity contribution in [2.24, 2.45) is 11.8 Å². The SMILES string of the molecule is CCCC1CCC(C(NCC)c2ccc(F)cc2)CC1. The van der Waals surface area contributed by atoms with E-state index >= 15 is 0 Å². The molecule has 1 atom stereocenters. The van der Waals surface area contributed by atoms with E-state index in [9.17, 15) is 4.39 Å². The molecule has 2 rings (SSSR count). The fraction of sp³-hybridized carbons (Fsp3) is 0.667. The second kappa shape index (κ2) is 7.78. The first-order valence-corrected chi connectivity index (χ1v) is 8.23. The molecule has 1 N–H and O–H groups in total. The van der Waals surface area contributed by atoms with E-state index in [1.54, 1.807) is 12.1 Å². The van der Waals surface area contributed by atoms with E-state index in [1.165, 1.54) is 44.1 Å². The normalized spacial score (nSPS) is 24.6. The number of nitrogens with one attached hydrogen (secondary N) is 1. The van der Waals surface area contributed by atoms with Gasteiger partial charge in [0.1, 0.15) is 5.82 Å². The zero-order valence-corrected chi connectivity index (χ0v) is 12.9. The largest absolute Gasteiger partial charge is 0.310 e. The molecule has 0 saturated heterocycles. The van der Waals surface area contributed by atoms with Gasteiger partial charge in [0.2, 0.25) is 0 Å². The molecular formula is C18H28FN. The Labute approximate surface area is 123 Å². The molecule has 1 aliphatic rings. The smallest absolute Gasteiger partial charge is 0.123 e. The van der Waals surface area contributed by atoms with Crippen LogP contribution in [0, 0.1) is 17.7 Å². The van der Waals surface area contributed by atoms with Gasteiger partial charge in [0.05, 0.1) is 0 Å². The van der Waals surface area contributed by atoms with E-state index in [-0.39, 0.29) is 5.82 Å². The van der Waals surface area contributed by atoms with E-state index in [0.29, 0.717) is 12.0 Å². The maximum absolute atomic E-state index is 13.1. The minimum atomic E-state index is -0.143. The molecule has 0 radical (unpaired) electrons. The molecule has 1 nitrogen and oxygen atoms in total. The quantitative estimate of drug-likeness (QED) is 0.764. The fourth-order valence-corrected chi connectivity index (χ4v) is 3.67. The average molecular weight is 277 g/mol. The molecule has 0 heterocycles. The van der Waals surface area contributed by atoms with Gasteiger partial charge in [-0.3, -0.25) is 0 Å². The van der Waals surface area contributed by atoms with Gasteiger partial charge in [-0.25, -0.2) is 4.39 Å². The summed E-state index contributed by atoms with van der Waals surface area (Å²) in [6.45, 7) is 5.40. The maximum atomic E-state index is 13.1. The number of halogens is 1. The molecule has 0 spiro atoms. The Morgan fingerprint density at radius 1 is 1.10 bits per heavy atom. The van der Waals surface area contributed by atoms with Crippen LogP contribution in [-0.2, 0) is 0 Å². The number of hydrogen-bond donors (Lipinski definition) is 1. The van der Waals surface area contributed by atoms with E-state index in [4.69, 9.17) is 0 Å². The molecule has 1 aromatic rings. The Bertz CT molecular complexity index is 379. The van der Waals surface area contributed by atoms with Gasteiger partial charge in [-0.15, -0.1) is 0 Å². The van der Waals surface area contributed by atoms with Gasteiger partial charge in [0.15, 0.2) is 0 Å². The zero-order chi connectivity index (χ0) is 14.4. The van der Waals surface area contributed by atoms with Crippen LogP contribution in [0.25, 0.3) is 0 Å². The lowest BCUT2D eigenvalue weighted by Crippen LogP contribution is -2.31. The highest BCUT2D eigenvalue weighted by Gasteiger charge is 2.27. The monoisotopic (exact) mass is 277 g/mol. The van der Waals surface area contributed by atoms with Gasteiger partial charge in [0, 0.05) is 6.04 Å². The molecule has 112 valence electrons. The average Bonchev–Trinajstić information content (AvgIpc) is 2.47. The third kappa shape index (κ3) is 4.05. The van der Waals surface area contributed by atoms with Crippen molar-refractivity contribution in [2.75, 3.05) is 6.54 Å². The van der Waals surface area contributed by atoms with Gasteiger partial charge in [0.25, 0.3) is 0 Å². The van der Waals surface area contributed by atoms with Crippen molar-refractivity contribution in [1.82, 2.24) is 5.32 Å². The topological polar surface area (TPSA) is 12.0 Å². The Kier molecular flexibility index (Phi) is 6.03. The highest BCUT2D eigenvalue weighted by molar-refractivity contribution is 5.21. The summed E-state index contributed by atoms with van der Waals surface area (Å²) in [5.74, 6) is 1.50. The Hall–Kier alpha value is -0.890. The number of rotatable bonds is 6. The first-order chi connectivity index (χ1) is 9.74. The summed E-state index contributed by atoms with van der Waals surface area (Å²) in [6.07, 6.45) is 8.03.